The molecule has 2 aromatic carbocycles. The quantitative estimate of drug-likeness (QED) is 0.516. The van der Waals surface area contributed by atoms with Gasteiger partial charge in [-0.15, -0.1) is 0 Å². The summed E-state index contributed by atoms with van der Waals surface area (Å²) in [5.74, 6) is 0. The first-order chi connectivity index (χ1) is 12.9. The fourth-order valence-electron chi connectivity index (χ4n) is 3.41. The summed E-state index contributed by atoms with van der Waals surface area (Å²) in [7, 11) is 0. The Hall–Kier alpha value is -1.72. The van der Waals surface area contributed by atoms with E-state index in [9.17, 15) is 20.4 Å². The van der Waals surface area contributed by atoms with Crippen molar-refractivity contribution in [2.75, 3.05) is 13.2 Å². The molecule has 148 valence electrons. The Morgan fingerprint density at radius 3 is 1.33 bits per heavy atom. The van der Waals surface area contributed by atoms with Gasteiger partial charge in [-0.05, 0) is 47.9 Å². The van der Waals surface area contributed by atoms with E-state index in [1.807, 2.05) is 62.4 Å². The van der Waals surface area contributed by atoms with Crippen molar-refractivity contribution in [1.29, 1.82) is 0 Å². The minimum atomic E-state index is -0.725. The zero-order valence-corrected chi connectivity index (χ0v) is 16.3. The molecule has 4 nitrogen and oxygen atoms in total. The number of rotatable bonds is 10. The van der Waals surface area contributed by atoms with Gasteiger partial charge in [0.25, 0.3) is 0 Å². The highest BCUT2D eigenvalue weighted by molar-refractivity contribution is 5.30. The van der Waals surface area contributed by atoms with Crippen LogP contribution < -0.4 is 0 Å². The minimum absolute atomic E-state index is 0.0702. The second-order valence-corrected chi connectivity index (χ2v) is 7.75. The molecular weight excluding hydrogens is 340 g/mol. The lowest BCUT2D eigenvalue weighted by molar-refractivity contribution is -0.0463. The number of hydrogen-bond donors (Lipinski definition) is 4. The second kappa shape index (κ2) is 10.00. The molecule has 2 atom stereocenters. The lowest BCUT2D eigenvalue weighted by Gasteiger charge is -2.36. The van der Waals surface area contributed by atoms with E-state index in [-0.39, 0.29) is 13.2 Å². The van der Waals surface area contributed by atoms with Crippen LogP contribution in [0.25, 0.3) is 0 Å². The van der Waals surface area contributed by atoms with Gasteiger partial charge in [-0.25, -0.2) is 0 Å². The first kappa shape index (κ1) is 21.6. The van der Waals surface area contributed by atoms with Crippen LogP contribution in [0.15, 0.2) is 48.5 Å². The molecule has 0 fully saturated rings. The highest BCUT2D eigenvalue weighted by Crippen LogP contribution is 2.31. The zero-order valence-electron chi connectivity index (χ0n) is 16.3. The topological polar surface area (TPSA) is 80.9 Å². The molecule has 0 saturated carbocycles. The number of benzene rings is 2. The third kappa shape index (κ3) is 5.63. The van der Waals surface area contributed by atoms with Crippen molar-refractivity contribution in [3.63, 3.8) is 0 Å². The van der Waals surface area contributed by atoms with Crippen molar-refractivity contribution in [1.82, 2.24) is 0 Å². The molecule has 0 saturated heterocycles. The summed E-state index contributed by atoms with van der Waals surface area (Å²) in [6.45, 7) is 3.90. The zero-order chi connectivity index (χ0) is 19.9. The lowest BCUT2D eigenvalue weighted by atomic mass is 9.75. The Bertz CT molecular complexity index is 652. The van der Waals surface area contributed by atoms with Crippen LogP contribution in [0, 0.1) is 5.41 Å². The van der Waals surface area contributed by atoms with Crippen molar-refractivity contribution < 1.29 is 20.4 Å². The lowest BCUT2D eigenvalue weighted by Crippen LogP contribution is -2.43. The largest absolute Gasteiger partial charge is 0.396 e. The molecule has 4 heteroatoms. The van der Waals surface area contributed by atoms with Crippen LogP contribution in [0.3, 0.4) is 0 Å². The maximum absolute atomic E-state index is 10.9. The van der Waals surface area contributed by atoms with Gasteiger partial charge in [0.2, 0.25) is 0 Å². The molecule has 0 aromatic heterocycles. The fraction of sp³-hybridized carbons (Fsp3) is 0.478. The van der Waals surface area contributed by atoms with Crippen molar-refractivity contribution in [3.8, 4) is 0 Å². The summed E-state index contributed by atoms with van der Waals surface area (Å²) >= 11 is 0. The van der Waals surface area contributed by atoms with E-state index in [2.05, 4.69) is 0 Å². The first-order valence-corrected chi connectivity index (χ1v) is 9.61. The molecule has 0 bridgehead atoms. The maximum Gasteiger partial charge on any atom is 0.0656 e. The summed E-state index contributed by atoms with van der Waals surface area (Å²) in [5.41, 5.74) is 3.34. The third-order valence-corrected chi connectivity index (χ3v) is 5.54. The van der Waals surface area contributed by atoms with E-state index in [0.717, 1.165) is 22.3 Å². The molecular formula is C23H32O4. The molecule has 2 aromatic rings. The predicted molar refractivity (Wildman–Crippen MR) is 108 cm³/mol. The van der Waals surface area contributed by atoms with Crippen LogP contribution in [-0.4, -0.2) is 45.8 Å². The Labute approximate surface area is 162 Å². The van der Waals surface area contributed by atoms with Crippen LogP contribution >= 0.6 is 0 Å². The van der Waals surface area contributed by atoms with E-state index in [1.165, 1.54) is 0 Å². The molecule has 0 aliphatic rings. The van der Waals surface area contributed by atoms with Gasteiger partial charge in [0, 0.05) is 18.6 Å². The van der Waals surface area contributed by atoms with Gasteiger partial charge in [0.1, 0.15) is 0 Å². The predicted octanol–water partition coefficient (Wildman–Crippen LogP) is 2.29. The summed E-state index contributed by atoms with van der Waals surface area (Å²) in [6.07, 6.45) is 0.521. The molecule has 2 rings (SSSR count). The van der Waals surface area contributed by atoms with Crippen LogP contribution in [0.2, 0.25) is 0 Å². The Kier molecular flexibility index (Phi) is 7.99. The summed E-state index contributed by atoms with van der Waals surface area (Å²) < 4.78 is 0. The second-order valence-electron chi connectivity index (χ2n) is 7.75. The molecule has 0 heterocycles. The Balaban J connectivity index is 2.12. The molecule has 0 radical (unpaired) electrons. The van der Waals surface area contributed by atoms with E-state index < -0.39 is 17.6 Å². The van der Waals surface area contributed by atoms with E-state index in [0.29, 0.717) is 25.7 Å². The van der Waals surface area contributed by atoms with Crippen molar-refractivity contribution >= 4 is 0 Å². The van der Waals surface area contributed by atoms with Crippen molar-refractivity contribution in [3.05, 3.63) is 70.8 Å². The highest BCUT2D eigenvalue weighted by atomic mass is 16.3. The smallest absolute Gasteiger partial charge is 0.0656 e. The van der Waals surface area contributed by atoms with Crippen LogP contribution in [0.4, 0.5) is 0 Å². The van der Waals surface area contributed by atoms with Gasteiger partial charge < -0.3 is 20.4 Å². The molecule has 2 unspecified atom stereocenters. The molecule has 0 aliphatic carbocycles. The standard InChI is InChI=1S/C23H32O4/c1-23(2,21(26)15-19-9-5-3-7-17(19)11-13-24)22(27)16-20-10-6-4-8-18(20)12-14-25/h3-10,21-22,24-27H,11-16H2,1-2H3. The van der Waals surface area contributed by atoms with Gasteiger partial charge in [-0.3, -0.25) is 0 Å². The number of aliphatic hydroxyl groups excluding tert-OH is 4. The van der Waals surface area contributed by atoms with Gasteiger partial charge in [0.15, 0.2) is 0 Å². The minimum Gasteiger partial charge on any atom is -0.396 e. The van der Waals surface area contributed by atoms with E-state index in [1.54, 1.807) is 0 Å². The average molecular weight is 373 g/mol. The van der Waals surface area contributed by atoms with Crippen LogP contribution in [0.5, 0.6) is 0 Å². The van der Waals surface area contributed by atoms with Gasteiger partial charge in [0.05, 0.1) is 12.2 Å². The third-order valence-electron chi connectivity index (χ3n) is 5.54. The highest BCUT2D eigenvalue weighted by Gasteiger charge is 2.36. The summed E-state index contributed by atoms with van der Waals surface area (Å²) in [6, 6.07) is 15.6. The molecule has 27 heavy (non-hydrogen) atoms. The SMILES string of the molecule is CC(C)(C(O)Cc1ccccc1CCO)C(O)Cc1ccccc1CCO. The van der Waals surface area contributed by atoms with Gasteiger partial charge in [-0.2, -0.15) is 0 Å². The fourth-order valence-corrected chi connectivity index (χ4v) is 3.41. The first-order valence-electron chi connectivity index (χ1n) is 9.61. The molecule has 0 spiro atoms. The Morgan fingerprint density at radius 2 is 1.00 bits per heavy atom. The van der Waals surface area contributed by atoms with E-state index in [4.69, 9.17) is 0 Å². The monoisotopic (exact) mass is 372 g/mol. The Morgan fingerprint density at radius 1 is 0.667 bits per heavy atom. The summed E-state index contributed by atoms with van der Waals surface area (Å²) in [4.78, 5) is 0. The average Bonchev–Trinajstić information content (AvgIpc) is 2.65. The number of hydrogen-bond acceptors (Lipinski definition) is 4. The van der Waals surface area contributed by atoms with Crippen molar-refractivity contribution in [2.45, 2.75) is 51.7 Å². The molecule has 0 amide bonds. The van der Waals surface area contributed by atoms with Crippen LogP contribution in [-0.2, 0) is 25.7 Å². The molecule has 4 N–H and O–H groups in total. The summed E-state index contributed by atoms with van der Waals surface area (Å²) in [5, 5.41) is 40.2. The van der Waals surface area contributed by atoms with Crippen LogP contribution in [0.1, 0.15) is 36.1 Å². The van der Waals surface area contributed by atoms with Gasteiger partial charge in [-0.1, -0.05) is 62.4 Å². The van der Waals surface area contributed by atoms with E-state index >= 15 is 0 Å². The number of aliphatic hydroxyl groups is 4. The maximum atomic E-state index is 10.9. The normalized spacial score (nSPS) is 14.1. The molecule has 0 aliphatic heterocycles. The van der Waals surface area contributed by atoms with Crippen molar-refractivity contribution in [2.24, 2.45) is 5.41 Å². The van der Waals surface area contributed by atoms with Gasteiger partial charge >= 0.3 is 0 Å².